The quantitative estimate of drug-likeness (QED) is 0.775. The number of hydrogen-bond acceptors (Lipinski definition) is 2. The molecule has 1 rings (SSSR count). The van der Waals surface area contributed by atoms with Gasteiger partial charge in [-0.3, -0.25) is 0 Å². The van der Waals surface area contributed by atoms with Gasteiger partial charge in [-0.2, -0.15) is 0 Å². The Morgan fingerprint density at radius 2 is 2.00 bits per heavy atom. The first kappa shape index (κ1) is 15.0. The lowest BCUT2D eigenvalue weighted by atomic mass is 9.84. The molecule has 3 heteroatoms. The topological polar surface area (TPSA) is 40.5 Å². The third-order valence-corrected chi connectivity index (χ3v) is 3.22. The summed E-state index contributed by atoms with van der Waals surface area (Å²) in [6.45, 7) is 9.09. The fourth-order valence-electron chi connectivity index (χ4n) is 1.81. The van der Waals surface area contributed by atoms with Crippen LogP contribution in [0, 0.1) is 0 Å². The fraction of sp³-hybridized carbons (Fsp3) is 0.333. The number of halogens is 1. The zero-order valence-electron chi connectivity index (χ0n) is 10.6. The van der Waals surface area contributed by atoms with Crippen LogP contribution in [0.25, 0.3) is 0 Å². The Bertz CT molecular complexity index is 425. The first-order valence-corrected chi connectivity index (χ1v) is 6.19. The normalized spacial score (nSPS) is 15.8. The molecule has 2 nitrogen and oxygen atoms in total. The fourth-order valence-corrected chi connectivity index (χ4v) is 1.94. The smallest absolute Gasteiger partial charge is 0.0958 e. The van der Waals surface area contributed by atoms with Crippen LogP contribution >= 0.6 is 11.6 Å². The molecule has 0 saturated heterocycles. The van der Waals surface area contributed by atoms with Gasteiger partial charge in [0.15, 0.2) is 0 Å². The minimum Gasteiger partial charge on any atom is -0.389 e. The Morgan fingerprint density at radius 3 is 2.44 bits per heavy atom. The van der Waals surface area contributed by atoms with Crippen LogP contribution in [0.15, 0.2) is 49.1 Å². The summed E-state index contributed by atoms with van der Waals surface area (Å²) in [5.74, 6) is 0. The van der Waals surface area contributed by atoms with E-state index in [0.29, 0.717) is 22.6 Å². The van der Waals surface area contributed by atoms with Crippen LogP contribution < -0.4 is 0 Å². The maximum absolute atomic E-state index is 10.7. The average molecular weight is 267 g/mol. The number of benzene rings is 1. The highest BCUT2D eigenvalue weighted by Crippen LogP contribution is 2.32. The lowest BCUT2D eigenvalue weighted by Crippen LogP contribution is -2.30. The molecular weight excluding hydrogens is 248 g/mol. The van der Waals surface area contributed by atoms with E-state index in [4.69, 9.17) is 11.6 Å². The van der Waals surface area contributed by atoms with Crippen LogP contribution in [-0.2, 0) is 5.60 Å². The number of aliphatic hydroxyl groups excluding tert-OH is 1. The molecule has 0 aromatic heterocycles. The number of aliphatic hydroxyl groups is 2. The Balaban J connectivity index is 3.02. The maximum atomic E-state index is 10.7. The second kappa shape index (κ2) is 6.19. The number of rotatable bonds is 6. The van der Waals surface area contributed by atoms with Gasteiger partial charge in [-0.15, -0.1) is 6.58 Å². The lowest BCUT2D eigenvalue weighted by Gasteiger charge is -2.30. The lowest BCUT2D eigenvalue weighted by molar-refractivity contribution is -0.00368. The summed E-state index contributed by atoms with van der Waals surface area (Å²) in [5, 5.41) is 21.2. The molecule has 1 aromatic rings. The molecule has 0 spiro atoms. The first-order valence-electron chi connectivity index (χ1n) is 5.82. The summed E-state index contributed by atoms with van der Waals surface area (Å²) < 4.78 is 0. The van der Waals surface area contributed by atoms with Gasteiger partial charge in [0.05, 0.1) is 11.7 Å². The van der Waals surface area contributed by atoms with E-state index in [-0.39, 0.29) is 6.42 Å². The van der Waals surface area contributed by atoms with Crippen LogP contribution in [0.4, 0.5) is 0 Å². The monoisotopic (exact) mass is 266 g/mol. The van der Waals surface area contributed by atoms with E-state index in [1.165, 1.54) is 0 Å². The van der Waals surface area contributed by atoms with Gasteiger partial charge in [0.1, 0.15) is 0 Å². The Hall–Kier alpha value is -1.09. The van der Waals surface area contributed by atoms with Crippen LogP contribution in [-0.4, -0.2) is 16.3 Å². The Kier molecular flexibility index (Phi) is 5.15. The minimum absolute atomic E-state index is 0.190. The molecule has 0 aliphatic carbocycles. The van der Waals surface area contributed by atoms with E-state index in [1.807, 2.05) is 0 Å². The molecule has 0 heterocycles. The van der Waals surface area contributed by atoms with Gasteiger partial charge in [0.2, 0.25) is 0 Å². The summed E-state index contributed by atoms with van der Waals surface area (Å²) in [4.78, 5) is 0. The molecule has 0 fully saturated rings. The molecule has 0 aliphatic rings. The third-order valence-electron chi connectivity index (χ3n) is 2.96. The molecular formula is C15H19ClO2. The molecule has 0 amide bonds. The van der Waals surface area contributed by atoms with Crippen molar-refractivity contribution in [2.75, 3.05) is 0 Å². The van der Waals surface area contributed by atoms with Crippen molar-refractivity contribution in [3.8, 4) is 0 Å². The van der Waals surface area contributed by atoms with Crippen molar-refractivity contribution in [3.63, 3.8) is 0 Å². The van der Waals surface area contributed by atoms with Crippen LogP contribution in [0.1, 0.15) is 25.3 Å². The van der Waals surface area contributed by atoms with E-state index < -0.39 is 11.7 Å². The summed E-state index contributed by atoms with van der Waals surface area (Å²) in [5.41, 5.74) is 0.198. The third kappa shape index (κ3) is 3.70. The van der Waals surface area contributed by atoms with Crippen LogP contribution in [0.5, 0.6) is 0 Å². The molecule has 18 heavy (non-hydrogen) atoms. The molecule has 0 radical (unpaired) electrons. The van der Waals surface area contributed by atoms with Crippen molar-refractivity contribution in [2.45, 2.75) is 31.5 Å². The van der Waals surface area contributed by atoms with E-state index in [2.05, 4.69) is 13.2 Å². The van der Waals surface area contributed by atoms with E-state index in [1.54, 1.807) is 37.3 Å². The van der Waals surface area contributed by atoms with E-state index in [0.717, 1.165) is 0 Å². The van der Waals surface area contributed by atoms with Gasteiger partial charge in [-0.25, -0.2) is 0 Å². The van der Waals surface area contributed by atoms with Gasteiger partial charge in [0.25, 0.3) is 0 Å². The molecule has 1 aromatic carbocycles. The van der Waals surface area contributed by atoms with Crippen LogP contribution in [0.2, 0.25) is 5.02 Å². The highest BCUT2D eigenvalue weighted by atomic mass is 35.5. The second-order valence-corrected chi connectivity index (χ2v) is 5.03. The van der Waals surface area contributed by atoms with Crippen molar-refractivity contribution < 1.29 is 10.2 Å². The standard InChI is InChI=1S/C15H19ClO2/c1-4-9-15(18,10-14(17)11(2)3)12-5-7-13(16)8-6-12/h4-8,14,17-18H,1-2,9-10H2,3H3. The molecule has 2 atom stereocenters. The summed E-state index contributed by atoms with van der Waals surface area (Å²) >= 11 is 5.83. The van der Waals surface area contributed by atoms with Gasteiger partial charge < -0.3 is 10.2 Å². The zero-order valence-corrected chi connectivity index (χ0v) is 11.3. The number of hydrogen-bond donors (Lipinski definition) is 2. The first-order chi connectivity index (χ1) is 8.39. The van der Waals surface area contributed by atoms with Gasteiger partial charge in [-0.1, -0.05) is 42.0 Å². The predicted octanol–water partition coefficient (Wildman–Crippen LogP) is 3.43. The Morgan fingerprint density at radius 1 is 1.44 bits per heavy atom. The molecule has 2 unspecified atom stereocenters. The van der Waals surface area contributed by atoms with Gasteiger partial charge >= 0.3 is 0 Å². The summed E-state index contributed by atoms with van der Waals surface area (Å²) in [6, 6.07) is 6.96. The average Bonchev–Trinajstić information content (AvgIpc) is 2.29. The summed E-state index contributed by atoms with van der Waals surface area (Å²) in [6.07, 6.45) is 1.44. The molecule has 0 aliphatic heterocycles. The van der Waals surface area contributed by atoms with Crippen molar-refractivity contribution in [1.82, 2.24) is 0 Å². The van der Waals surface area contributed by atoms with E-state index >= 15 is 0 Å². The minimum atomic E-state index is -1.15. The van der Waals surface area contributed by atoms with Crippen molar-refractivity contribution in [1.29, 1.82) is 0 Å². The highest BCUT2D eigenvalue weighted by molar-refractivity contribution is 6.30. The molecule has 98 valence electrons. The van der Waals surface area contributed by atoms with Crippen molar-refractivity contribution >= 4 is 11.6 Å². The summed E-state index contributed by atoms with van der Waals surface area (Å²) in [7, 11) is 0. The largest absolute Gasteiger partial charge is 0.389 e. The van der Waals surface area contributed by atoms with Gasteiger partial charge in [0, 0.05) is 11.4 Å². The zero-order chi connectivity index (χ0) is 13.8. The van der Waals surface area contributed by atoms with Gasteiger partial charge in [-0.05, 0) is 31.0 Å². The molecule has 2 N–H and O–H groups in total. The molecule has 0 saturated carbocycles. The molecule has 0 bridgehead atoms. The van der Waals surface area contributed by atoms with Crippen LogP contribution in [0.3, 0.4) is 0 Å². The van der Waals surface area contributed by atoms with Crippen molar-refractivity contribution in [3.05, 3.63) is 59.7 Å². The highest BCUT2D eigenvalue weighted by Gasteiger charge is 2.30. The van der Waals surface area contributed by atoms with Crippen molar-refractivity contribution in [2.24, 2.45) is 0 Å². The Labute approximate surface area is 113 Å². The SMILES string of the molecule is C=CCC(O)(CC(O)C(=C)C)c1ccc(Cl)cc1. The predicted molar refractivity (Wildman–Crippen MR) is 75.6 cm³/mol. The second-order valence-electron chi connectivity index (χ2n) is 4.60. The van der Waals surface area contributed by atoms with E-state index in [9.17, 15) is 10.2 Å². The maximum Gasteiger partial charge on any atom is 0.0958 e.